The van der Waals surface area contributed by atoms with Crippen LogP contribution in [0.5, 0.6) is 0 Å². The number of hydrogen-bond acceptors (Lipinski definition) is 3. The van der Waals surface area contributed by atoms with Crippen LogP contribution in [0.4, 0.5) is 11.4 Å². The van der Waals surface area contributed by atoms with E-state index in [-0.39, 0.29) is 0 Å². The van der Waals surface area contributed by atoms with E-state index in [0.29, 0.717) is 0 Å². The molecule has 2 heterocycles. The molecule has 0 atom stereocenters. The van der Waals surface area contributed by atoms with E-state index in [1.807, 2.05) is 6.07 Å². The predicted molar refractivity (Wildman–Crippen MR) is 87.5 cm³/mol. The lowest BCUT2D eigenvalue weighted by Crippen LogP contribution is -2.30. The van der Waals surface area contributed by atoms with Crippen LogP contribution in [0.25, 0.3) is 0 Å². The van der Waals surface area contributed by atoms with Crippen LogP contribution in [0.3, 0.4) is 0 Å². The molecule has 2 N–H and O–H groups in total. The van der Waals surface area contributed by atoms with Gasteiger partial charge in [0.15, 0.2) is 0 Å². The van der Waals surface area contributed by atoms with Gasteiger partial charge in [-0.3, -0.25) is 4.68 Å². The predicted octanol–water partition coefficient (Wildman–Crippen LogP) is 3.00. The van der Waals surface area contributed by atoms with Crippen molar-refractivity contribution < 1.29 is 0 Å². The molecule has 0 bridgehead atoms. The smallest absolute Gasteiger partial charge is 0.0625 e. The summed E-state index contributed by atoms with van der Waals surface area (Å²) in [5, 5.41) is 4.65. The maximum atomic E-state index is 5.97. The second kappa shape index (κ2) is 5.80. The van der Waals surface area contributed by atoms with Crippen molar-refractivity contribution in [3.8, 4) is 0 Å². The maximum Gasteiger partial charge on any atom is 0.0625 e. The van der Waals surface area contributed by atoms with Gasteiger partial charge in [-0.05, 0) is 49.9 Å². The molecule has 0 unspecified atom stereocenters. The number of nitrogen functional groups attached to an aromatic ring is 1. The molecule has 4 nitrogen and oxygen atoms in total. The third kappa shape index (κ3) is 2.75. The molecule has 0 spiro atoms. The van der Waals surface area contributed by atoms with E-state index in [0.717, 1.165) is 38.2 Å². The van der Waals surface area contributed by atoms with Gasteiger partial charge in [-0.15, -0.1) is 0 Å². The standard InChI is InChI=1S/C17H24N4/c1-3-15-11-16(21(4-2)19-15)12-20-9-5-6-13-7-8-14(18)10-17(13)20/h7-8,10-11H,3-6,9,12,18H2,1-2H3. The highest BCUT2D eigenvalue weighted by atomic mass is 15.3. The minimum absolute atomic E-state index is 0.846. The monoisotopic (exact) mass is 284 g/mol. The second-order valence-electron chi connectivity index (χ2n) is 5.71. The van der Waals surface area contributed by atoms with Gasteiger partial charge in [0.1, 0.15) is 0 Å². The lowest BCUT2D eigenvalue weighted by Gasteiger charge is -2.31. The molecule has 1 aliphatic heterocycles. The molecule has 0 amide bonds. The Hall–Kier alpha value is -1.97. The minimum atomic E-state index is 0.846. The zero-order valence-corrected chi connectivity index (χ0v) is 13.0. The van der Waals surface area contributed by atoms with E-state index in [4.69, 9.17) is 5.73 Å². The van der Waals surface area contributed by atoms with Crippen molar-refractivity contribution in [2.75, 3.05) is 17.2 Å². The van der Waals surface area contributed by atoms with E-state index in [9.17, 15) is 0 Å². The van der Waals surface area contributed by atoms with Gasteiger partial charge in [0, 0.05) is 24.5 Å². The number of hydrogen-bond donors (Lipinski definition) is 1. The fourth-order valence-electron chi connectivity index (χ4n) is 3.12. The molecule has 1 aromatic carbocycles. The molecular weight excluding hydrogens is 260 g/mol. The number of fused-ring (bicyclic) bond motifs is 1. The van der Waals surface area contributed by atoms with Crippen LogP contribution in [-0.2, 0) is 25.9 Å². The van der Waals surface area contributed by atoms with E-state index in [1.54, 1.807) is 0 Å². The molecule has 21 heavy (non-hydrogen) atoms. The number of aryl methyl sites for hydroxylation is 3. The number of aromatic nitrogens is 2. The van der Waals surface area contributed by atoms with Crippen molar-refractivity contribution in [3.63, 3.8) is 0 Å². The first-order valence-corrected chi connectivity index (χ1v) is 7.90. The van der Waals surface area contributed by atoms with Crippen molar-refractivity contribution in [2.24, 2.45) is 0 Å². The van der Waals surface area contributed by atoms with E-state index < -0.39 is 0 Å². The zero-order chi connectivity index (χ0) is 14.8. The SMILES string of the molecule is CCc1cc(CN2CCCc3ccc(N)cc32)n(CC)n1. The van der Waals surface area contributed by atoms with Crippen LogP contribution in [0.2, 0.25) is 0 Å². The number of nitrogens with two attached hydrogens (primary N) is 1. The van der Waals surface area contributed by atoms with Crippen LogP contribution < -0.4 is 10.6 Å². The summed E-state index contributed by atoms with van der Waals surface area (Å²) < 4.78 is 2.12. The molecule has 0 radical (unpaired) electrons. The summed E-state index contributed by atoms with van der Waals surface area (Å²) in [6.45, 7) is 7.23. The third-order valence-corrected chi connectivity index (χ3v) is 4.25. The van der Waals surface area contributed by atoms with Gasteiger partial charge in [-0.25, -0.2) is 0 Å². The van der Waals surface area contributed by atoms with E-state index in [1.165, 1.54) is 29.1 Å². The average Bonchev–Trinajstić information content (AvgIpc) is 2.90. The van der Waals surface area contributed by atoms with Crippen LogP contribution >= 0.6 is 0 Å². The fourth-order valence-corrected chi connectivity index (χ4v) is 3.12. The summed E-state index contributed by atoms with van der Waals surface area (Å²) >= 11 is 0. The van der Waals surface area contributed by atoms with Crippen molar-refractivity contribution in [3.05, 3.63) is 41.2 Å². The van der Waals surface area contributed by atoms with Gasteiger partial charge in [0.2, 0.25) is 0 Å². The van der Waals surface area contributed by atoms with Gasteiger partial charge in [-0.2, -0.15) is 5.10 Å². The Morgan fingerprint density at radius 1 is 1.24 bits per heavy atom. The fraction of sp³-hybridized carbons (Fsp3) is 0.471. The van der Waals surface area contributed by atoms with Crippen molar-refractivity contribution in [2.45, 2.75) is 46.2 Å². The Bertz CT molecular complexity index is 630. The van der Waals surface area contributed by atoms with Crippen LogP contribution in [0.1, 0.15) is 37.2 Å². The Balaban J connectivity index is 1.89. The first-order valence-electron chi connectivity index (χ1n) is 7.90. The molecule has 0 saturated carbocycles. The van der Waals surface area contributed by atoms with Gasteiger partial charge in [0.25, 0.3) is 0 Å². The maximum absolute atomic E-state index is 5.97. The molecule has 1 aromatic heterocycles. The van der Waals surface area contributed by atoms with Gasteiger partial charge in [0.05, 0.1) is 17.9 Å². The van der Waals surface area contributed by atoms with Gasteiger partial charge in [-0.1, -0.05) is 13.0 Å². The van der Waals surface area contributed by atoms with Crippen LogP contribution in [-0.4, -0.2) is 16.3 Å². The molecule has 1 aliphatic rings. The molecule has 112 valence electrons. The molecule has 0 fully saturated rings. The number of benzene rings is 1. The first kappa shape index (κ1) is 14.0. The minimum Gasteiger partial charge on any atom is -0.399 e. The van der Waals surface area contributed by atoms with E-state index in [2.05, 4.69) is 46.7 Å². The van der Waals surface area contributed by atoms with E-state index >= 15 is 0 Å². The largest absolute Gasteiger partial charge is 0.399 e. The number of nitrogens with zero attached hydrogens (tertiary/aromatic N) is 3. The van der Waals surface area contributed by atoms with Gasteiger partial charge >= 0.3 is 0 Å². The Morgan fingerprint density at radius 2 is 2.10 bits per heavy atom. The first-order chi connectivity index (χ1) is 10.2. The molecule has 4 heteroatoms. The normalized spacial score (nSPS) is 14.3. The highest BCUT2D eigenvalue weighted by Gasteiger charge is 2.19. The Labute approximate surface area is 126 Å². The number of anilines is 2. The molecule has 0 saturated heterocycles. The zero-order valence-electron chi connectivity index (χ0n) is 13.0. The van der Waals surface area contributed by atoms with Crippen molar-refractivity contribution >= 4 is 11.4 Å². The van der Waals surface area contributed by atoms with Crippen molar-refractivity contribution in [1.29, 1.82) is 0 Å². The van der Waals surface area contributed by atoms with Crippen LogP contribution in [0.15, 0.2) is 24.3 Å². The van der Waals surface area contributed by atoms with Crippen molar-refractivity contribution in [1.82, 2.24) is 9.78 Å². The summed E-state index contributed by atoms with van der Waals surface area (Å²) in [7, 11) is 0. The van der Waals surface area contributed by atoms with Crippen LogP contribution in [0, 0.1) is 0 Å². The summed E-state index contributed by atoms with van der Waals surface area (Å²) in [6.07, 6.45) is 3.35. The average molecular weight is 284 g/mol. The molecule has 2 aromatic rings. The topological polar surface area (TPSA) is 47.1 Å². The Morgan fingerprint density at radius 3 is 2.86 bits per heavy atom. The summed E-state index contributed by atoms with van der Waals surface area (Å²) in [4.78, 5) is 2.44. The van der Waals surface area contributed by atoms with Gasteiger partial charge < -0.3 is 10.6 Å². The summed E-state index contributed by atoms with van der Waals surface area (Å²) in [5.74, 6) is 0. The second-order valence-corrected chi connectivity index (χ2v) is 5.71. The Kier molecular flexibility index (Phi) is 3.86. The lowest BCUT2D eigenvalue weighted by atomic mass is 10.0. The lowest BCUT2D eigenvalue weighted by molar-refractivity contribution is 0.592. The molecular formula is C17H24N4. The molecule has 0 aliphatic carbocycles. The third-order valence-electron chi connectivity index (χ3n) is 4.25. The molecule has 3 rings (SSSR count). The number of rotatable bonds is 4. The highest BCUT2D eigenvalue weighted by molar-refractivity contribution is 5.62. The highest BCUT2D eigenvalue weighted by Crippen LogP contribution is 2.30. The quantitative estimate of drug-likeness (QED) is 0.878. The summed E-state index contributed by atoms with van der Waals surface area (Å²) in [6, 6.07) is 8.53. The summed E-state index contributed by atoms with van der Waals surface area (Å²) in [5.41, 5.74) is 12.0.